The van der Waals surface area contributed by atoms with Crippen molar-refractivity contribution in [2.24, 2.45) is 5.14 Å². The Balaban J connectivity index is 0.000000385. The van der Waals surface area contributed by atoms with Crippen LogP contribution in [0, 0.1) is 0 Å². The summed E-state index contributed by atoms with van der Waals surface area (Å²) in [6.07, 6.45) is -0.469. The van der Waals surface area contributed by atoms with E-state index in [4.69, 9.17) is 10.2 Å². The lowest BCUT2D eigenvalue weighted by Crippen LogP contribution is -2.09. The zero-order valence-electron chi connectivity index (χ0n) is 8.57. The third-order valence-corrected chi connectivity index (χ3v) is 1.35. The number of hydrogen-bond donors (Lipinski definition) is 3. The minimum atomic E-state index is -3.17. The molecule has 0 heterocycles. The fraction of sp³-hybridized carbons (Fsp3) is 0.222. The highest BCUT2D eigenvalue weighted by molar-refractivity contribution is 7.88. The molecule has 0 amide bonds. The van der Waals surface area contributed by atoms with E-state index in [-0.39, 0.29) is 0 Å². The second-order valence-electron chi connectivity index (χ2n) is 2.98. The lowest BCUT2D eigenvalue weighted by atomic mass is 10.1. The van der Waals surface area contributed by atoms with Crippen LogP contribution in [0.2, 0.25) is 0 Å². The highest BCUT2D eigenvalue weighted by Gasteiger charge is 2.14. The van der Waals surface area contributed by atoms with E-state index in [0.717, 1.165) is 6.26 Å². The van der Waals surface area contributed by atoms with Gasteiger partial charge in [-0.25, -0.2) is 18.4 Å². The summed E-state index contributed by atoms with van der Waals surface area (Å²) in [6.45, 7) is 0. The number of sulfonamides is 1. The molecule has 90 valence electrons. The van der Waals surface area contributed by atoms with Crippen LogP contribution < -0.4 is 5.14 Å². The van der Waals surface area contributed by atoms with E-state index < -0.39 is 22.1 Å². The molecule has 0 fully saturated rings. The fourth-order valence-corrected chi connectivity index (χ4v) is 0.778. The van der Waals surface area contributed by atoms with Crippen LogP contribution in [-0.2, 0) is 14.8 Å². The molecule has 0 aliphatic heterocycles. The quantitative estimate of drug-likeness (QED) is 0.663. The van der Waals surface area contributed by atoms with Crippen LogP contribution in [0.25, 0.3) is 0 Å². The number of carboxylic acid groups (broad SMARTS) is 1. The fourth-order valence-electron chi connectivity index (χ4n) is 0.778. The maximum absolute atomic E-state index is 10.2. The molecule has 0 aliphatic carbocycles. The van der Waals surface area contributed by atoms with Crippen molar-refractivity contribution < 1.29 is 23.4 Å². The van der Waals surface area contributed by atoms with Gasteiger partial charge in [0.15, 0.2) is 6.10 Å². The van der Waals surface area contributed by atoms with Crippen LogP contribution in [-0.4, -0.2) is 30.9 Å². The summed E-state index contributed by atoms with van der Waals surface area (Å²) in [6, 6.07) is 8.26. The normalized spacial score (nSPS) is 12.2. The van der Waals surface area contributed by atoms with Gasteiger partial charge in [-0.3, -0.25) is 0 Å². The molecule has 0 unspecified atom stereocenters. The van der Waals surface area contributed by atoms with Crippen molar-refractivity contribution in [2.45, 2.75) is 6.10 Å². The van der Waals surface area contributed by atoms with Crippen molar-refractivity contribution in [2.75, 3.05) is 6.26 Å². The lowest BCUT2D eigenvalue weighted by molar-refractivity contribution is -0.146. The Bertz CT molecular complexity index is 420. The number of aliphatic hydroxyl groups excluding tert-OH is 1. The Morgan fingerprint density at radius 2 is 1.69 bits per heavy atom. The summed E-state index contributed by atoms with van der Waals surface area (Å²) in [5.41, 5.74) is 0.403. The smallest absolute Gasteiger partial charge is 0.337 e. The number of nitrogens with two attached hydrogens (primary N) is 1. The monoisotopic (exact) mass is 247 g/mol. The minimum Gasteiger partial charge on any atom is -0.479 e. The van der Waals surface area contributed by atoms with E-state index in [1.807, 2.05) is 0 Å². The van der Waals surface area contributed by atoms with Gasteiger partial charge in [0.2, 0.25) is 10.0 Å². The summed E-state index contributed by atoms with van der Waals surface area (Å²) >= 11 is 0. The predicted octanol–water partition coefficient (Wildman–Crippen LogP) is -0.291. The molecular formula is C9H13NO5S. The number of rotatable bonds is 2. The van der Waals surface area contributed by atoms with Crippen molar-refractivity contribution in [3.8, 4) is 0 Å². The zero-order valence-corrected chi connectivity index (χ0v) is 9.39. The maximum atomic E-state index is 10.2. The number of benzene rings is 1. The van der Waals surface area contributed by atoms with E-state index in [1.165, 1.54) is 0 Å². The number of carbonyl (C=O) groups is 1. The predicted molar refractivity (Wildman–Crippen MR) is 58.1 cm³/mol. The van der Waals surface area contributed by atoms with Crippen molar-refractivity contribution >= 4 is 16.0 Å². The first-order valence-electron chi connectivity index (χ1n) is 4.15. The number of aliphatic hydroxyl groups is 1. The third-order valence-electron chi connectivity index (χ3n) is 1.35. The molecule has 0 aromatic heterocycles. The van der Waals surface area contributed by atoms with Gasteiger partial charge >= 0.3 is 5.97 Å². The third kappa shape index (κ3) is 7.92. The van der Waals surface area contributed by atoms with E-state index in [2.05, 4.69) is 5.14 Å². The van der Waals surface area contributed by atoms with Gasteiger partial charge in [0.05, 0.1) is 6.26 Å². The van der Waals surface area contributed by atoms with Crippen LogP contribution in [0.5, 0.6) is 0 Å². The highest BCUT2D eigenvalue weighted by atomic mass is 32.2. The summed E-state index contributed by atoms with van der Waals surface area (Å²) in [5, 5.41) is 21.7. The van der Waals surface area contributed by atoms with Crippen LogP contribution in [0.1, 0.15) is 11.7 Å². The van der Waals surface area contributed by atoms with Crippen LogP contribution in [0.4, 0.5) is 0 Å². The summed E-state index contributed by atoms with van der Waals surface area (Å²) in [7, 11) is -3.17. The van der Waals surface area contributed by atoms with Gasteiger partial charge in [-0.15, -0.1) is 0 Å². The van der Waals surface area contributed by atoms with Gasteiger partial charge in [0.1, 0.15) is 0 Å². The first-order chi connectivity index (χ1) is 7.22. The summed E-state index contributed by atoms with van der Waals surface area (Å²) in [4.78, 5) is 10.2. The summed E-state index contributed by atoms with van der Waals surface area (Å²) < 4.78 is 18.8. The molecule has 1 aromatic carbocycles. The Hall–Kier alpha value is -1.44. The van der Waals surface area contributed by atoms with E-state index in [9.17, 15) is 13.2 Å². The standard InChI is InChI=1S/C8H8O3.CH5NO2S/c9-7(8(10)11)6-4-2-1-3-5-6;1-5(2,3)4/h1-5,7,9H,(H,10,11);1H3,(H2,2,3,4)/t7-;/m1./s1. The average molecular weight is 247 g/mol. The van der Waals surface area contributed by atoms with Crippen LogP contribution in [0.3, 0.4) is 0 Å². The zero-order chi connectivity index (χ0) is 12.8. The molecular weight excluding hydrogens is 234 g/mol. The molecule has 7 heteroatoms. The Morgan fingerprint density at radius 1 is 1.31 bits per heavy atom. The van der Waals surface area contributed by atoms with Gasteiger partial charge < -0.3 is 10.2 Å². The molecule has 1 atom stereocenters. The van der Waals surface area contributed by atoms with Crippen molar-refractivity contribution in [1.29, 1.82) is 0 Å². The van der Waals surface area contributed by atoms with Gasteiger partial charge in [0, 0.05) is 0 Å². The van der Waals surface area contributed by atoms with Crippen molar-refractivity contribution in [3.05, 3.63) is 35.9 Å². The minimum absolute atomic E-state index is 0.403. The first kappa shape index (κ1) is 14.6. The van der Waals surface area contributed by atoms with Gasteiger partial charge in [-0.1, -0.05) is 30.3 Å². The van der Waals surface area contributed by atoms with Gasteiger partial charge in [-0.2, -0.15) is 0 Å². The van der Waals surface area contributed by atoms with Crippen molar-refractivity contribution in [3.63, 3.8) is 0 Å². The van der Waals surface area contributed by atoms with Crippen molar-refractivity contribution in [1.82, 2.24) is 0 Å². The number of carboxylic acids is 1. The highest BCUT2D eigenvalue weighted by Crippen LogP contribution is 2.10. The first-order valence-corrected chi connectivity index (χ1v) is 6.11. The lowest BCUT2D eigenvalue weighted by Gasteiger charge is -2.03. The number of hydrogen-bond acceptors (Lipinski definition) is 4. The molecule has 1 rings (SSSR count). The second kappa shape index (κ2) is 6.21. The second-order valence-corrected chi connectivity index (χ2v) is 4.64. The van der Waals surface area contributed by atoms with E-state index >= 15 is 0 Å². The van der Waals surface area contributed by atoms with E-state index in [1.54, 1.807) is 30.3 Å². The number of aliphatic carboxylic acids is 1. The molecule has 0 aliphatic rings. The molecule has 0 saturated carbocycles. The Labute approximate surface area is 93.4 Å². The molecule has 0 saturated heterocycles. The molecule has 0 spiro atoms. The average Bonchev–Trinajstić information content (AvgIpc) is 2.15. The molecule has 6 nitrogen and oxygen atoms in total. The van der Waals surface area contributed by atoms with Crippen LogP contribution in [0.15, 0.2) is 30.3 Å². The Morgan fingerprint density at radius 3 is 2.00 bits per heavy atom. The molecule has 16 heavy (non-hydrogen) atoms. The maximum Gasteiger partial charge on any atom is 0.337 e. The Kier molecular flexibility index (Phi) is 5.65. The van der Waals surface area contributed by atoms with Crippen LogP contribution >= 0.6 is 0 Å². The largest absolute Gasteiger partial charge is 0.479 e. The van der Waals surface area contributed by atoms with E-state index in [0.29, 0.717) is 5.56 Å². The molecule has 4 N–H and O–H groups in total. The summed E-state index contributed by atoms with van der Waals surface area (Å²) in [5.74, 6) is -1.23. The SMILES string of the molecule is CS(N)(=O)=O.O=C(O)[C@H](O)c1ccccc1. The van der Waals surface area contributed by atoms with Gasteiger partial charge in [-0.05, 0) is 5.56 Å². The molecule has 0 bridgehead atoms. The van der Waals surface area contributed by atoms with Gasteiger partial charge in [0.25, 0.3) is 0 Å². The molecule has 0 radical (unpaired) electrons. The topological polar surface area (TPSA) is 118 Å². The molecule has 1 aromatic rings. The number of primary sulfonamides is 1.